The Hall–Kier alpha value is -0.770. The molecule has 1 heterocycles. The molecular weight excluding hydrogens is 410 g/mol. The van der Waals surface area contributed by atoms with Gasteiger partial charge in [0.1, 0.15) is 5.82 Å². The molecule has 0 N–H and O–H groups in total. The van der Waals surface area contributed by atoms with E-state index in [1.165, 1.54) is 0 Å². The van der Waals surface area contributed by atoms with E-state index in [9.17, 15) is 13.2 Å². The van der Waals surface area contributed by atoms with Gasteiger partial charge in [0.25, 0.3) is 0 Å². The summed E-state index contributed by atoms with van der Waals surface area (Å²) in [5, 5.41) is 0. The van der Waals surface area contributed by atoms with Gasteiger partial charge in [-0.2, -0.15) is 18.2 Å². The van der Waals surface area contributed by atoms with Crippen LogP contribution in [-0.4, -0.2) is 56.9 Å². The van der Waals surface area contributed by atoms with Crippen LogP contribution in [0.1, 0.15) is 12.5 Å². The Morgan fingerprint density at radius 2 is 1.86 bits per heavy atom. The molecule has 0 spiro atoms. The van der Waals surface area contributed by atoms with Gasteiger partial charge in [-0.05, 0) is 54.7 Å². The van der Waals surface area contributed by atoms with Crippen molar-refractivity contribution in [1.82, 2.24) is 9.88 Å². The molecule has 0 radical (unpaired) electrons. The number of aromatic nitrogens is 1. The van der Waals surface area contributed by atoms with Crippen LogP contribution in [0.15, 0.2) is 6.07 Å². The normalized spacial score (nSPS) is 11.9. The Bertz CT molecular complexity index is 495. The van der Waals surface area contributed by atoms with Gasteiger partial charge in [0, 0.05) is 20.1 Å². The van der Waals surface area contributed by atoms with Crippen LogP contribution in [0.4, 0.5) is 19.0 Å². The fourth-order valence-corrected chi connectivity index (χ4v) is 2.45. The number of pyridine rings is 1. The smallest absolute Gasteiger partial charge is 0.422 e. The summed E-state index contributed by atoms with van der Waals surface area (Å²) in [4.78, 5) is 8.28. The number of hydrogen-bond acceptors (Lipinski definition) is 4. The van der Waals surface area contributed by atoms with Gasteiger partial charge < -0.3 is 14.5 Å². The fourth-order valence-electron chi connectivity index (χ4n) is 1.80. The molecule has 0 saturated heterocycles. The molecule has 0 aliphatic heterocycles. The largest absolute Gasteiger partial charge is 0.467 e. The van der Waals surface area contributed by atoms with Crippen molar-refractivity contribution >= 4 is 28.4 Å². The van der Waals surface area contributed by atoms with Crippen molar-refractivity contribution < 1.29 is 17.9 Å². The average molecular weight is 431 g/mol. The van der Waals surface area contributed by atoms with Crippen molar-refractivity contribution in [2.75, 3.05) is 45.7 Å². The molecule has 0 saturated carbocycles. The van der Waals surface area contributed by atoms with E-state index in [-0.39, 0.29) is 5.88 Å². The van der Waals surface area contributed by atoms with Crippen LogP contribution in [0, 0.1) is 3.57 Å². The Balaban J connectivity index is 2.99. The van der Waals surface area contributed by atoms with Gasteiger partial charge in [-0.15, -0.1) is 0 Å². The fraction of sp³-hybridized carbons (Fsp3) is 0.643. The highest BCUT2D eigenvalue weighted by Gasteiger charge is 2.29. The predicted molar refractivity (Wildman–Crippen MR) is 89.7 cm³/mol. The minimum atomic E-state index is -4.37. The van der Waals surface area contributed by atoms with Crippen LogP contribution in [0.3, 0.4) is 0 Å². The molecular formula is C14H21F3IN3O. The lowest BCUT2D eigenvalue weighted by atomic mass is 10.2. The first-order valence-electron chi connectivity index (χ1n) is 6.89. The van der Waals surface area contributed by atoms with E-state index in [1.54, 1.807) is 0 Å². The molecule has 4 nitrogen and oxygen atoms in total. The molecule has 0 bridgehead atoms. The summed E-state index contributed by atoms with van der Waals surface area (Å²) in [5.41, 5.74) is 0.991. The van der Waals surface area contributed by atoms with E-state index in [2.05, 4.69) is 4.98 Å². The van der Waals surface area contributed by atoms with Gasteiger partial charge in [-0.1, -0.05) is 6.92 Å². The van der Waals surface area contributed by atoms with Crippen molar-refractivity contribution in [3.8, 4) is 5.88 Å². The number of hydrogen-bond donors (Lipinski definition) is 0. The maximum Gasteiger partial charge on any atom is 0.422 e. The summed E-state index contributed by atoms with van der Waals surface area (Å²) in [7, 11) is 5.81. The summed E-state index contributed by atoms with van der Waals surface area (Å²) in [6.45, 7) is 2.22. The molecule has 0 aliphatic rings. The topological polar surface area (TPSA) is 28.6 Å². The van der Waals surface area contributed by atoms with Gasteiger partial charge in [0.2, 0.25) is 5.88 Å². The molecule has 0 atom stereocenters. The van der Waals surface area contributed by atoms with Crippen LogP contribution >= 0.6 is 22.6 Å². The van der Waals surface area contributed by atoms with Crippen molar-refractivity contribution in [2.24, 2.45) is 0 Å². The third-order valence-corrected chi connectivity index (χ3v) is 3.77. The Labute approximate surface area is 142 Å². The maximum absolute atomic E-state index is 12.3. The van der Waals surface area contributed by atoms with Crippen LogP contribution in [0.5, 0.6) is 5.88 Å². The summed E-state index contributed by atoms with van der Waals surface area (Å²) < 4.78 is 42.4. The van der Waals surface area contributed by atoms with Crippen molar-refractivity contribution in [1.29, 1.82) is 0 Å². The Morgan fingerprint density at radius 3 is 2.36 bits per heavy atom. The molecule has 0 aromatic carbocycles. The van der Waals surface area contributed by atoms with Gasteiger partial charge in [-0.3, -0.25) is 0 Å². The van der Waals surface area contributed by atoms with Gasteiger partial charge >= 0.3 is 6.18 Å². The number of alkyl halides is 3. The highest BCUT2D eigenvalue weighted by molar-refractivity contribution is 14.1. The third-order valence-electron chi connectivity index (χ3n) is 3.00. The second-order valence-electron chi connectivity index (χ2n) is 5.24. The first kappa shape index (κ1) is 19.3. The number of halogens is 4. The lowest BCUT2D eigenvalue weighted by Gasteiger charge is -2.24. The highest BCUT2D eigenvalue weighted by Crippen LogP contribution is 2.28. The van der Waals surface area contributed by atoms with Crippen molar-refractivity contribution in [3.63, 3.8) is 0 Å². The van der Waals surface area contributed by atoms with Gasteiger partial charge in [-0.25, -0.2) is 0 Å². The van der Waals surface area contributed by atoms with Crippen LogP contribution in [0.2, 0.25) is 0 Å². The molecule has 0 fully saturated rings. The molecule has 22 heavy (non-hydrogen) atoms. The number of rotatable bonds is 7. The SMILES string of the molecule is CCc1cc(I)c(OCC(F)(F)F)nc1N(C)CCN(C)C. The monoisotopic (exact) mass is 431 g/mol. The zero-order valence-electron chi connectivity index (χ0n) is 13.2. The number of ether oxygens (including phenoxy) is 1. The second kappa shape index (κ2) is 8.19. The number of nitrogens with zero attached hydrogens (tertiary/aromatic N) is 3. The lowest BCUT2D eigenvalue weighted by molar-refractivity contribution is -0.154. The summed E-state index contributed by atoms with van der Waals surface area (Å²) in [6, 6.07) is 1.83. The van der Waals surface area contributed by atoms with Crippen LogP contribution < -0.4 is 9.64 Å². The number of likely N-dealkylation sites (N-methyl/N-ethyl adjacent to an activating group) is 2. The third kappa shape index (κ3) is 6.15. The van der Waals surface area contributed by atoms with E-state index in [0.29, 0.717) is 9.39 Å². The van der Waals surface area contributed by atoms with Gasteiger partial charge in [0.05, 0.1) is 3.57 Å². The Morgan fingerprint density at radius 1 is 1.23 bits per heavy atom. The molecule has 1 aromatic rings. The first-order chi connectivity index (χ1) is 10.1. The van der Waals surface area contributed by atoms with Crippen molar-refractivity contribution in [3.05, 3.63) is 15.2 Å². The summed E-state index contributed by atoms with van der Waals surface area (Å²) in [6.07, 6.45) is -3.62. The minimum absolute atomic E-state index is 0.0295. The second-order valence-corrected chi connectivity index (χ2v) is 6.40. The highest BCUT2D eigenvalue weighted by atomic mass is 127. The quantitative estimate of drug-likeness (QED) is 0.621. The predicted octanol–water partition coefficient (Wildman–Crippen LogP) is 3.19. The summed E-state index contributed by atoms with van der Waals surface area (Å²) in [5.74, 6) is 0.698. The molecule has 0 aliphatic carbocycles. The lowest BCUT2D eigenvalue weighted by Crippen LogP contribution is -2.30. The van der Waals surface area contributed by atoms with E-state index >= 15 is 0 Å². The van der Waals surface area contributed by atoms with E-state index in [0.717, 1.165) is 25.1 Å². The van der Waals surface area contributed by atoms with E-state index in [1.807, 2.05) is 66.5 Å². The average Bonchev–Trinajstić information content (AvgIpc) is 2.41. The van der Waals surface area contributed by atoms with Gasteiger partial charge in [0.15, 0.2) is 6.61 Å². The standard InChI is InChI=1S/C14H21F3IN3O/c1-5-10-8-11(18)13(22-9-14(15,16)17)19-12(10)21(4)7-6-20(2)3/h8H,5-7,9H2,1-4H3. The maximum atomic E-state index is 12.3. The van der Waals surface area contributed by atoms with Crippen molar-refractivity contribution in [2.45, 2.75) is 19.5 Å². The number of anilines is 1. The van der Waals surface area contributed by atoms with E-state index < -0.39 is 12.8 Å². The van der Waals surface area contributed by atoms with Crippen LogP contribution in [-0.2, 0) is 6.42 Å². The molecule has 8 heteroatoms. The van der Waals surface area contributed by atoms with E-state index in [4.69, 9.17) is 4.74 Å². The molecule has 0 amide bonds. The Kier molecular flexibility index (Phi) is 7.17. The minimum Gasteiger partial charge on any atom is -0.467 e. The zero-order valence-corrected chi connectivity index (χ0v) is 15.3. The molecule has 1 aromatic heterocycles. The molecule has 126 valence electrons. The first-order valence-corrected chi connectivity index (χ1v) is 7.96. The summed E-state index contributed by atoms with van der Waals surface area (Å²) >= 11 is 1.95. The molecule has 0 unspecified atom stereocenters. The zero-order chi connectivity index (χ0) is 16.9. The molecule has 1 rings (SSSR count). The number of aryl methyl sites for hydroxylation is 1. The van der Waals surface area contributed by atoms with Crippen LogP contribution in [0.25, 0.3) is 0 Å².